The first-order valence-corrected chi connectivity index (χ1v) is 5.99. The topological polar surface area (TPSA) is 102 Å². The number of aliphatic hydroxyl groups is 1. The number of rotatable bonds is 6. The second-order valence-electron chi connectivity index (χ2n) is 4.12. The van der Waals surface area contributed by atoms with Gasteiger partial charge >= 0.3 is 0 Å². The molecular weight excluding hydrogens is 262 g/mol. The first-order chi connectivity index (χ1) is 9.70. The van der Waals surface area contributed by atoms with Crippen LogP contribution in [0.5, 0.6) is 0 Å². The van der Waals surface area contributed by atoms with E-state index in [2.05, 4.69) is 20.8 Å². The molecule has 1 atom stereocenters. The molecule has 0 spiro atoms. The van der Waals surface area contributed by atoms with Crippen LogP contribution in [0.3, 0.4) is 0 Å². The highest BCUT2D eigenvalue weighted by molar-refractivity contribution is 5.94. The molecule has 0 aliphatic rings. The van der Waals surface area contributed by atoms with Crippen LogP contribution in [0.15, 0.2) is 30.6 Å². The van der Waals surface area contributed by atoms with E-state index in [9.17, 15) is 9.90 Å². The molecule has 0 radical (unpaired) electrons. The number of hydrogen-bond acceptors (Lipinski definition) is 6. The predicted octanol–water partition coefficient (Wildman–Crippen LogP) is -0.601. The van der Waals surface area contributed by atoms with Gasteiger partial charge in [0.1, 0.15) is 6.33 Å². The van der Waals surface area contributed by atoms with Crippen LogP contribution in [0.1, 0.15) is 10.4 Å². The number of carbonyl (C=O) groups excluding carboxylic acids is 1. The van der Waals surface area contributed by atoms with Gasteiger partial charge in [0.25, 0.3) is 5.91 Å². The van der Waals surface area contributed by atoms with Crippen LogP contribution < -0.4 is 5.32 Å². The number of nitrogens with zero attached hydrogens (tertiary/aromatic N) is 4. The Bertz CT molecular complexity index is 541. The van der Waals surface area contributed by atoms with Crippen molar-refractivity contribution >= 4 is 5.91 Å². The van der Waals surface area contributed by atoms with Gasteiger partial charge in [-0.25, -0.2) is 4.68 Å². The van der Waals surface area contributed by atoms with Gasteiger partial charge in [-0.15, -0.1) is 5.10 Å². The molecule has 0 bridgehead atoms. The Labute approximate surface area is 115 Å². The maximum Gasteiger partial charge on any atom is 0.251 e. The van der Waals surface area contributed by atoms with Crippen LogP contribution in [-0.2, 0) is 4.74 Å². The molecule has 1 aromatic heterocycles. The van der Waals surface area contributed by atoms with Crippen molar-refractivity contribution in [2.75, 3.05) is 20.3 Å². The first-order valence-electron chi connectivity index (χ1n) is 5.99. The van der Waals surface area contributed by atoms with Crippen molar-refractivity contribution in [1.29, 1.82) is 0 Å². The molecule has 20 heavy (non-hydrogen) atoms. The second kappa shape index (κ2) is 6.73. The van der Waals surface area contributed by atoms with Crippen LogP contribution in [0.25, 0.3) is 5.69 Å². The number of tetrazole rings is 1. The van der Waals surface area contributed by atoms with Crippen molar-refractivity contribution in [1.82, 2.24) is 25.5 Å². The summed E-state index contributed by atoms with van der Waals surface area (Å²) in [7, 11) is 1.49. The average Bonchev–Trinajstić information content (AvgIpc) is 2.99. The molecule has 1 unspecified atom stereocenters. The molecule has 8 nitrogen and oxygen atoms in total. The number of ether oxygens (including phenoxy) is 1. The van der Waals surface area contributed by atoms with Crippen LogP contribution in [0.4, 0.5) is 0 Å². The normalized spacial score (nSPS) is 12.1. The number of nitrogens with one attached hydrogen (secondary N) is 1. The lowest BCUT2D eigenvalue weighted by atomic mass is 10.2. The highest BCUT2D eigenvalue weighted by atomic mass is 16.5. The Morgan fingerprint density at radius 2 is 2.20 bits per heavy atom. The number of methoxy groups -OCH3 is 1. The maximum atomic E-state index is 11.8. The monoisotopic (exact) mass is 277 g/mol. The molecule has 1 heterocycles. The second-order valence-corrected chi connectivity index (χ2v) is 4.12. The standard InChI is InChI=1S/C12H15N5O3/c1-20-7-11(18)6-13-12(19)9-2-4-10(5-3-9)17-8-14-15-16-17/h2-5,8,11,18H,6-7H2,1H3,(H,13,19). The molecule has 0 saturated heterocycles. The fourth-order valence-corrected chi connectivity index (χ4v) is 1.61. The van der Waals surface area contributed by atoms with Crippen LogP contribution in [-0.4, -0.2) is 57.6 Å². The summed E-state index contributed by atoms with van der Waals surface area (Å²) in [6.45, 7) is 0.319. The zero-order chi connectivity index (χ0) is 14.4. The molecule has 1 aromatic carbocycles. The van der Waals surface area contributed by atoms with E-state index in [1.807, 2.05) is 0 Å². The van der Waals surface area contributed by atoms with Gasteiger partial charge in [0.05, 0.1) is 18.4 Å². The molecule has 2 aromatic rings. The number of hydrogen-bond donors (Lipinski definition) is 2. The molecule has 0 saturated carbocycles. The van der Waals surface area contributed by atoms with Gasteiger partial charge in [-0.3, -0.25) is 4.79 Å². The van der Waals surface area contributed by atoms with E-state index >= 15 is 0 Å². The highest BCUT2D eigenvalue weighted by Gasteiger charge is 2.09. The number of amides is 1. The molecule has 1 amide bonds. The van der Waals surface area contributed by atoms with Crippen molar-refractivity contribution in [3.8, 4) is 5.69 Å². The molecule has 2 N–H and O–H groups in total. The number of aromatic nitrogens is 4. The maximum absolute atomic E-state index is 11.8. The van der Waals surface area contributed by atoms with E-state index in [-0.39, 0.29) is 19.1 Å². The van der Waals surface area contributed by atoms with E-state index in [1.54, 1.807) is 24.3 Å². The van der Waals surface area contributed by atoms with Gasteiger partial charge in [-0.05, 0) is 34.7 Å². The molecule has 8 heteroatoms. The predicted molar refractivity (Wildman–Crippen MR) is 69.4 cm³/mol. The molecule has 106 valence electrons. The zero-order valence-corrected chi connectivity index (χ0v) is 10.9. The lowest BCUT2D eigenvalue weighted by Gasteiger charge is -2.10. The largest absolute Gasteiger partial charge is 0.389 e. The minimum Gasteiger partial charge on any atom is -0.389 e. The summed E-state index contributed by atoms with van der Waals surface area (Å²) in [5, 5.41) is 22.9. The molecule has 2 rings (SSSR count). The Morgan fingerprint density at radius 1 is 1.45 bits per heavy atom. The fraction of sp³-hybridized carbons (Fsp3) is 0.333. The third-order valence-electron chi connectivity index (χ3n) is 2.60. The Balaban J connectivity index is 1.94. The smallest absolute Gasteiger partial charge is 0.251 e. The highest BCUT2D eigenvalue weighted by Crippen LogP contribution is 2.07. The van der Waals surface area contributed by atoms with Gasteiger partial charge in [0.2, 0.25) is 0 Å². The quantitative estimate of drug-likeness (QED) is 0.731. The molecule has 0 fully saturated rings. The lowest BCUT2D eigenvalue weighted by Crippen LogP contribution is -2.34. The van der Waals surface area contributed by atoms with Gasteiger partial charge in [-0.2, -0.15) is 0 Å². The van der Waals surface area contributed by atoms with Crippen molar-refractivity contribution in [2.45, 2.75) is 6.10 Å². The number of benzene rings is 1. The van der Waals surface area contributed by atoms with Crippen molar-refractivity contribution in [2.24, 2.45) is 0 Å². The van der Waals surface area contributed by atoms with E-state index in [0.717, 1.165) is 5.69 Å². The summed E-state index contributed by atoms with van der Waals surface area (Å²) < 4.78 is 6.27. The van der Waals surface area contributed by atoms with E-state index < -0.39 is 6.10 Å². The fourth-order valence-electron chi connectivity index (χ4n) is 1.61. The van der Waals surface area contributed by atoms with E-state index in [0.29, 0.717) is 5.56 Å². The number of carbonyl (C=O) groups is 1. The summed E-state index contributed by atoms with van der Waals surface area (Å²) in [5.41, 5.74) is 1.25. The van der Waals surface area contributed by atoms with Gasteiger partial charge in [-0.1, -0.05) is 0 Å². The Morgan fingerprint density at radius 3 is 2.80 bits per heavy atom. The minimum atomic E-state index is -0.718. The minimum absolute atomic E-state index is 0.140. The SMILES string of the molecule is COCC(O)CNC(=O)c1ccc(-n2cnnn2)cc1. The van der Waals surface area contributed by atoms with Gasteiger partial charge < -0.3 is 15.2 Å². The van der Waals surface area contributed by atoms with Gasteiger partial charge in [0.15, 0.2) is 0 Å². The third-order valence-corrected chi connectivity index (χ3v) is 2.60. The Hall–Kier alpha value is -2.32. The summed E-state index contributed by atoms with van der Waals surface area (Å²) in [5.74, 6) is -0.261. The first kappa shape index (κ1) is 14.1. The molecular formula is C12H15N5O3. The lowest BCUT2D eigenvalue weighted by molar-refractivity contribution is 0.0610. The molecule has 0 aliphatic carbocycles. The van der Waals surface area contributed by atoms with Crippen molar-refractivity contribution in [3.05, 3.63) is 36.2 Å². The summed E-state index contributed by atoms with van der Waals surface area (Å²) in [6, 6.07) is 6.79. The summed E-state index contributed by atoms with van der Waals surface area (Å²) in [4.78, 5) is 11.8. The Kier molecular flexibility index (Phi) is 4.75. The average molecular weight is 277 g/mol. The van der Waals surface area contributed by atoms with Crippen LogP contribution in [0.2, 0.25) is 0 Å². The molecule has 0 aliphatic heterocycles. The zero-order valence-electron chi connectivity index (χ0n) is 10.9. The summed E-state index contributed by atoms with van der Waals surface area (Å²) in [6.07, 6.45) is 0.750. The third kappa shape index (κ3) is 3.59. The number of aliphatic hydroxyl groups excluding tert-OH is 1. The van der Waals surface area contributed by atoms with Gasteiger partial charge in [0, 0.05) is 19.2 Å². The van der Waals surface area contributed by atoms with Crippen LogP contribution >= 0.6 is 0 Å². The van der Waals surface area contributed by atoms with E-state index in [4.69, 9.17) is 4.74 Å². The van der Waals surface area contributed by atoms with Crippen LogP contribution in [0, 0.1) is 0 Å². The van der Waals surface area contributed by atoms with Crippen molar-refractivity contribution < 1.29 is 14.6 Å². The van der Waals surface area contributed by atoms with E-state index in [1.165, 1.54) is 18.1 Å². The summed E-state index contributed by atoms with van der Waals surface area (Å²) >= 11 is 0. The van der Waals surface area contributed by atoms with Crippen molar-refractivity contribution in [3.63, 3.8) is 0 Å².